The third-order valence-electron chi connectivity index (χ3n) is 5.20. The lowest BCUT2D eigenvalue weighted by Gasteiger charge is -2.32. The van der Waals surface area contributed by atoms with E-state index < -0.39 is 5.82 Å². The van der Waals surface area contributed by atoms with Gasteiger partial charge in [-0.15, -0.1) is 0 Å². The molecule has 0 aliphatic carbocycles. The number of halogens is 2. The van der Waals surface area contributed by atoms with Crippen LogP contribution in [-0.4, -0.2) is 33.4 Å². The van der Waals surface area contributed by atoms with Gasteiger partial charge in [0.25, 0.3) is 0 Å². The molecule has 2 aromatic carbocycles. The molecule has 5 nitrogen and oxygen atoms in total. The first-order chi connectivity index (χ1) is 13.0. The highest BCUT2D eigenvalue weighted by molar-refractivity contribution is 6.31. The fourth-order valence-corrected chi connectivity index (χ4v) is 4.00. The maximum absolute atomic E-state index is 13.9. The molecule has 0 radical (unpaired) electrons. The molecular formula is C20H19ClFN3O2. The number of aromatic amines is 1. The Morgan fingerprint density at radius 3 is 2.63 bits per heavy atom. The van der Waals surface area contributed by atoms with E-state index >= 15 is 0 Å². The molecule has 4 rings (SSSR count). The van der Waals surface area contributed by atoms with Crippen LogP contribution in [0.15, 0.2) is 47.3 Å². The maximum atomic E-state index is 13.9. The minimum atomic E-state index is -0.462. The molecule has 1 N–H and O–H groups in total. The van der Waals surface area contributed by atoms with Gasteiger partial charge in [0.2, 0.25) is 5.91 Å². The van der Waals surface area contributed by atoms with Crippen LogP contribution in [0.5, 0.6) is 0 Å². The molecule has 140 valence electrons. The number of amides is 1. The normalized spacial score (nSPS) is 15.4. The molecule has 1 aliphatic rings. The Kier molecular flexibility index (Phi) is 4.74. The number of nitrogens with one attached hydrogen (secondary N) is 1. The number of carbonyl (C=O) groups excluding carboxylic acids is 1. The number of piperidine rings is 1. The first-order valence-corrected chi connectivity index (χ1v) is 9.32. The number of carbonyl (C=O) groups is 1. The number of hydrogen-bond donors (Lipinski definition) is 1. The molecule has 0 saturated carbocycles. The van der Waals surface area contributed by atoms with Gasteiger partial charge >= 0.3 is 5.69 Å². The van der Waals surface area contributed by atoms with E-state index in [-0.39, 0.29) is 34.6 Å². The number of rotatable bonds is 3. The summed E-state index contributed by atoms with van der Waals surface area (Å²) in [6, 6.07) is 12.0. The van der Waals surface area contributed by atoms with Crippen molar-refractivity contribution in [2.24, 2.45) is 0 Å². The van der Waals surface area contributed by atoms with E-state index in [0.717, 1.165) is 11.0 Å². The smallest absolute Gasteiger partial charge is 0.326 e. The zero-order valence-electron chi connectivity index (χ0n) is 14.6. The third-order valence-corrected chi connectivity index (χ3v) is 5.55. The Morgan fingerprint density at radius 1 is 1.15 bits per heavy atom. The summed E-state index contributed by atoms with van der Waals surface area (Å²) >= 11 is 6.02. The lowest BCUT2D eigenvalue weighted by Crippen LogP contribution is -2.41. The summed E-state index contributed by atoms with van der Waals surface area (Å²) < 4.78 is 15.7. The van der Waals surface area contributed by atoms with Crippen LogP contribution in [0.1, 0.15) is 24.4 Å². The van der Waals surface area contributed by atoms with Gasteiger partial charge in [0, 0.05) is 29.7 Å². The van der Waals surface area contributed by atoms with Crippen molar-refractivity contribution in [3.63, 3.8) is 0 Å². The van der Waals surface area contributed by atoms with Gasteiger partial charge in [-0.05, 0) is 37.1 Å². The number of nitrogens with zero attached hydrogens (tertiary/aromatic N) is 2. The largest absolute Gasteiger partial charge is 0.342 e. The van der Waals surface area contributed by atoms with Crippen LogP contribution in [0, 0.1) is 5.82 Å². The molecule has 1 amide bonds. The van der Waals surface area contributed by atoms with Gasteiger partial charge in [0.05, 0.1) is 17.5 Å². The summed E-state index contributed by atoms with van der Waals surface area (Å²) in [5, 5.41) is 0.267. The van der Waals surface area contributed by atoms with Crippen LogP contribution in [-0.2, 0) is 11.2 Å². The van der Waals surface area contributed by atoms with Crippen molar-refractivity contribution in [2.75, 3.05) is 13.1 Å². The Morgan fingerprint density at radius 2 is 1.89 bits per heavy atom. The van der Waals surface area contributed by atoms with E-state index in [1.165, 1.54) is 12.1 Å². The molecular weight excluding hydrogens is 369 g/mol. The van der Waals surface area contributed by atoms with Crippen LogP contribution >= 0.6 is 11.6 Å². The highest BCUT2D eigenvalue weighted by atomic mass is 35.5. The Balaban J connectivity index is 1.46. The Labute approximate surface area is 160 Å². The van der Waals surface area contributed by atoms with Crippen molar-refractivity contribution in [1.29, 1.82) is 0 Å². The molecule has 2 heterocycles. The summed E-state index contributed by atoms with van der Waals surface area (Å²) in [4.78, 5) is 29.5. The van der Waals surface area contributed by atoms with E-state index in [0.29, 0.717) is 25.9 Å². The van der Waals surface area contributed by atoms with Gasteiger partial charge in [0.15, 0.2) is 0 Å². The van der Waals surface area contributed by atoms with Gasteiger partial charge < -0.3 is 9.88 Å². The van der Waals surface area contributed by atoms with Crippen molar-refractivity contribution in [1.82, 2.24) is 14.5 Å². The second-order valence-electron chi connectivity index (χ2n) is 6.81. The standard InChI is InChI=1S/C20H19ClFN3O2/c21-15-4-3-5-16(22)14(15)12-19(26)24-10-8-13(9-11-24)25-18-7-2-1-6-17(18)23-20(25)27/h1-7,13H,8-12H2,(H,23,27). The molecule has 3 aromatic rings. The molecule has 27 heavy (non-hydrogen) atoms. The predicted octanol–water partition coefficient (Wildman–Crippen LogP) is 3.53. The average Bonchev–Trinajstić information content (AvgIpc) is 3.00. The van der Waals surface area contributed by atoms with Crippen molar-refractivity contribution in [2.45, 2.75) is 25.3 Å². The molecule has 0 atom stereocenters. The van der Waals surface area contributed by atoms with Gasteiger partial charge in [-0.2, -0.15) is 0 Å². The number of para-hydroxylation sites is 2. The summed E-state index contributed by atoms with van der Waals surface area (Å²) in [7, 11) is 0. The highest BCUT2D eigenvalue weighted by Crippen LogP contribution is 2.26. The van der Waals surface area contributed by atoms with Gasteiger partial charge in [-0.3, -0.25) is 9.36 Å². The minimum Gasteiger partial charge on any atom is -0.342 e. The minimum absolute atomic E-state index is 0.0368. The highest BCUT2D eigenvalue weighted by Gasteiger charge is 2.26. The fraction of sp³-hybridized carbons (Fsp3) is 0.300. The molecule has 1 aliphatic heterocycles. The lowest BCUT2D eigenvalue weighted by molar-refractivity contribution is -0.131. The zero-order valence-corrected chi connectivity index (χ0v) is 15.4. The Bertz CT molecular complexity index is 1030. The second-order valence-corrected chi connectivity index (χ2v) is 7.21. The van der Waals surface area contributed by atoms with E-state index in [4.69, 9.17) is 11.6 Å². The molecule has 0 unspecified atom stereocenters. The summed E-state index contributed by atoms with van der Waals surface area (Å²) in [6.07, 6.45) is 1.31. The van der Waals surface area contributed by atoms with Gasteiger partial charge in [0.1, 0.15) is 5.82 Å². The first-order valence-electron chi connectivity index (χ1n) is 8.94. The van der Waals surface area contributed by atoms with E-state index in [1.54, 1.807) is 15.5 Å². The zero-order chi connectivity index (χ0) is 19.0. The molecule has 1 fully saturated rings. The van der Waals surface area contributed by atoms with Gasteiger partial charge in [-0.25, -0.2) is 9.18 Å². The number of likely N-dealkylation sites (tertiary alicyclic amines) is 1. The molecule has 1 saturated heterocycles. The van der Waals surface area contributed by atoms with Crippen molar-refractivity contribution < 1.29 is 9.18 Å². The average molecular weight is 388 g/mol. The van der Waals surface area contributed by atoms with Crippen LogP contribution in [0.25, 0.3) is 11.0 Å². The molecule has 7 heteroatoms. The Hall–Kier alpha value is -2.60. The van der Waals surface area contributed by atoms with E-state index in [2.05, 4.69) is 4.98 Å². The lowest BCUT2D eigenvalue weighted by atomic mass is 10.0. The fourth-order valence-electron chi connectivity index (χ4n) is 3.77. The van der Waals surface area contributed by atoms with E-state index in [1.807, 2.05) is 24.3 Å². The van der Waals surface area contributed by atoms with Crippen LogP contribution in [0.2, 0.25) is 5.02 Å². The van der Waals surface area contributed by atoms with Crippen LogP contribution in [0.4, 0.5) is 4.39 Å². The van der Waals surface area contributed by atoms with Gasteiger partial charge in [-0.1, -0.05) is 29.8 Å². The summed E-state index contributed by atoms with van der Waals surface area (Å²) in [5.41, 5.74) is 1.80. The predicted molar refractivity (Wildman–Crippen MR) is 103 cm³/mol. The van der Waals surface area contributed by atoms with Crippen LogP contribution in [0.3, 0.4) is 0 Å². The van der Waals surface area contributed by atoms with Crippen molar-refractivity contribution in [3.8, 4) is 0 Å². The molecule has 0 spiro atoms. The van der Waals surface area contributed by atoms with Crippen molar-refractivity contribution >= 4 is 28.5 Å². The first kappa shape index (κ1) is 17.8. The molecule has 1 aromatic heterocycles. The quantitative estimate of drug-likeness (QED) is 0.747. The number of benzene rings is 2. The summed E-state index contributed by atoms with van der Waals surface area (Å²) in [5.74, 6) is -0.609. The maximum Gasteiger partial charge on any atom is 0.326 e. The number of H-pyrrole nitrogens is 1. The third kappa shape index (κ3) is 3.37. The molecule has 0 bridgehead atoms. The number of hydrogen-bond acceptors (Lipinski definition) is 2. The van der Waals surface area contributed by atoms with Crippen LogP contribution < -0.4 is 5.69 Å². The number of aromatic nitrogens is 2. The topological polar surface area (TPSA) is 58.1 Å². The number of imidazole rings is 1. The summed E-state index contributed by atoms with van der Waals surface area (Å²) in [6.45, 7) is 1.06. The monoisotopic (exact) mass is 387 g/mol. The van der Waals surface area contributed by atoms with E-state index in [9.17, 15) is 14.0 Å². The number of fused-ring (bicyclic) bond motifs is 1. The SMILES string of the molecule is O=C(Cc1c(F)cccc1Cl)N1CCC(n2c(=O)[nH]c3ccccc32)CC1. The van der Waals surface area contributed by atoms with Crippen molar-refractivity contribution in [3.05, 3.63) is 69.4 Å². The second kappa shape index (κ2) is 7.19.